The van der Waals surface area contributed by atoms with E-state index in [1.54, 1.807) is 6.07 Å². The van der Waals surface area contributed by atoms with E-state index in [4.69, 9.17) is 15.7 Å². The minimum atomic E-state index is -0.557. The van der Waals surface area contributed by atoms with E-state index in [0.717, 1.165) is 0 Å². The molecule has 1 aromatic carbocycles. The summed E-state index contributed by atoms with van der Waals surface area (Å²) in [6.07, 6.45) is 0. The normalized spacial score (nSPS) is 9.07. The van der Waals surface area contributed by atoms with Crippen LogP contribution in [0.2, 0.25) is 0 Å². The van der Waals surface area contributed by atoms with Gasteiger partial charge in [-0.3, -0.25) is 10.1 Å². The van der Waals surface area contributed by atoms with Crippen molar-refractivity contribution < 1.29 is 9.66 Å². The van der Waals surface area contributed by atoms with Crippen molar-refractivity contribution in [1.29, 1.82) is 5.26 Å². The van der Waals surface area contributed by atoms with E-state index in [2.05, 4.69) is 0 Å². The quantitative estimate of drug-likeness (QED) is 0.439. The molecule has 6 heteroatoms. The van der Waals surface area contributed by atoms with Crippen molar-refractivity contribution in [2.24, 2.45) is 0 Å². The van der Waals surface area contributed by atoms with Gasteiger partial charge >= 0.3 is 0 Å². The maximum atomic E-state index is 10.4. The summed E-state index contributed by atoms with van der Waals surface area (Å²) < 4.78 is 4.89. The summed E-state index contributed by atoms with van der Waals surface area (Å²) in [6, 6.07) is 5.57. The predicted octanol–water partition coefficient (Wildman–Crippen LogP) is 1.08. The first-order chi connectivity index (χ1) is 6.65. The molecule has 0 aliphatic rings. The molecule has 0 radical (unpaired) electrons. The van der Waals surface area contributed by atoms with E-state index < -0.39 is 4.92 Å². The topological polar surface area (TPSA) is 102 Å². The summed E-state index contributed by atoms with van der Waals surface area (Å²) in [5, 5.41) is 18.6. The van der Waals surface area contributed by atoms with Crippen molar-refractivity contribution in [2.75, 3.05) is 12.3 Å². The molecule has 0 aromatic heterocycles. The molecule has 0 saturated carbocycles. The Kier molecular flexibility index (Phi) is 2.86. The molecule has 0 spiro atoms. The molecule has 0 fully saturated rings. The molecule has 0 saturated heterocycles. The summed E-state index contributed by atoms with van der Waals surface area (Å²) in [5.41, 5.74) is 5.62. The van der Waals surface area contributed by atoms with Gasteiger partial charge in [-0.25, -0.2) is 0 Å². The van der Waals surface area contributed by atoms with Gasteiger partial charge in [0.2, 0.25) is 0 Å². The lowest BCUT2D eigenvalue weighted by Crippen LogP contribution is -1.99. The third kappa shape index (κ3) is 2.10. The van der Waals surface area contributed by atoms with Crippen LogP contribution in [-0.4, -0.2) is 11.5 Å². The Balaban J connectivity index is 2.97. The fourth-order valence-corrected chi connectivity index (χ4v) is 0.872. The second-order valence-corrected chi connectivity index (χ2v) is 2.43. The Morgan fingerprint density at radius 1 is 1.64 bits per heavy atom. The average Bonchev–Trinajstić information content (AvgIpc) is 2.16. The van der Waals surface area contributed by atoms with Crippen LogP contribution in [0.4, 0.5) is 11.4 Å². The molecule has 14 heavy (non-hydrogen) atoms. The molecule has 1 aromatic rings. The van der Waals surface area contributed by atoms with Crippen molar-refractivity contribution in [3.63, 3.8) is 0 Å². The zero-order chi connectivity index (χ0) is 10.6. The highest BCUT2D eigenvalue weighted by atomic mass is 16.6. The van der Waals surface area contributed by atoms with E-state index in [-0.39, 0.29) is 23.7 Å². The van der Waals surface area contributed by atoms with E-state index in [9.17, 15) is 10.1 Å². The second-order valence-electron chi connectivity index (χ2n) is 2.43. The van der Waals surface area contributed by atoms with Crippen molar-refractivity contribution in [2.45, 2.75) is 0 Å². The number of nitrogen functional groups attached to an aromatic ring is 1. The smallest absolute Gasteiger partial charge is 0.273 e. The van der Waals surface area contributed by atoms with E-state index in [0.29, 0.717) is 0 Å². The number of nitrogens with two attached hydrogens (primary N) is 1. The number of non-ortho nitro benzene ring substituents is 1. The number of nitriles is 1. The zero-order valence-corrected chi connectivity index (χ0v) is 7.14. The lowest BCUT2D eigenvalue weighted by molar-refractivity contribution is -0.384. The molecule has 0 aliphatic carbocycles. The largest absolute Gasteiger partial charge is 0.476 e. The molecule has 0 bridgehead atoms. The standard InChI is InChI=1S/C8H7N3O3/c9-3-4-14-8-5-6(11(12)13)1-2-7(8)10/h1-2,5H,4,10H2. The molecule has 1 rings (SSSR count). The highest BCUT2D eigenvalue weighted by Crippen LogP contribution is 2.26. The van der Waals surface area contributed by atoms with Gasteiger partial charge in [0, 0.05) is 6.07 Å². The Bertz CT molecular complexity index is 397. The fraction of sp³-hybridized carbons (Fsp3) is 0.125. The third-order valence-electron chi connectivity index (χ3n) is 1.50. The van der Waals surface area contributed by atoms with Gasteiger partial charge in [0.1, 0.15) is 6.07 Å². The van der Waals surface area contributed by atoms with Crippen LogP contribution >= 0.6 is 0 Å². The van der Waals surface area contributed by atoms with E-state index in [1.807, 2.05) is 0 Å². The summed E-state index contributed by atoms with van der Waals surface area (Å²) in [7, 11) is 0. The van der Waals surface area contributed by atoms with Gasteiger partial charge in [0.05, 0.1) is 16.7 Å². The number of rotatable bonds is 3. The predicted molar refractivity (Wildman–Crippen MR) is 48.6 cm³/mol. The lowest BCUT2D eigenvalue weighted by atomic mass is 10.2. The number of anilines is 1. The number of nitro groups is 1. The minimum absolute atomic E-state index is 0.118. The first-order valence-electron chi connectivity index (χ1n) is 3.69. The molecule has 2 N–H and O–H groups in total. The summed E-state index contributed by atoms with van der Waals surface area (Å²) in [5.74, 6) is 0.153. The Morgan fingerprint density at radius 2 is 2.36 bits per heavy atom. The molecule has 0 amide bonds. The Morgan fingerprint density at radius 3 is 2.93 bits per heavy atom. The average molecular weight is 193 g/mol. The molecular weight excluding hydrogens is 186 g/mol. The molecule has 0 atom stereocenters. The Hall–Kier alpha value is -2.29. The van der Waals surface area contributed by atoms with Gasteiger partial charge in [-0.1, -0.05) is 0 Å². The van der Waals surface area contributed by atoms with Crippen molar-refractivity contribution in [3.8, 4) is 11.8 Å². The number of hydrogen-bond acceptors (Lipinski definition) is 5. The first kappa shape index (κ1) is 9.80. The molecule has 0 unspecified atom stereocenters. The number of ether oxygens (including phenoxy) is 1. The maximum Gasteiger partial charge on any atom is 0.273 e. The molecule has 72 valence electrons. The minimum Gasteiger partial charge on any atom is -0.476 e. The first-order valence-corrected chi connectivity index (χ1v) is 3.69. The van der Waals surface area contributed by atoms with Crippen LogP contribution in [0.5, 0.6) is 5.75 Å². The number of nitrogens with zero attached hydrogens (tertiary/aromatic N) is 2. The molecule has 0 aliphatic heterocycles. The van der Waals surface area contributed by atoms with Crippen molar-refractivity contribution in [3.05, 3.63) is 28.3 Å². The third-order valence-corrected chi connectivity index (χ3v) is 1.50. The highest BCUT2D eigenvalue weighted by Gasteiger charge is 2.09. The number of hydrogen-bond donors (Lipinski definition) is 1. The van der Waals surface area contributed by atoms with Crippen molar-refractivity contribution >= 4 is 11.4 Å². The SMILES string of the molecule is N#CCOc1cc([N+](=O)[O-])ccc1N. The zero-order valence-electron chi connectivity index (χ0n) is 7.14. The van der Waals surface area contributed by atoms with Crippen LogP contribution in [0.25, 0.3) is 0 Å². The Labute approximate surface area is 79.7 Å². The van der Waals surface area contributed by atoms with Crippen LogP contribution < -0.4 is 10.5 Å². The maximum absolute atomic E-state index is 10.4. The van der Waals surface area contributed by atoms with Crippen LogP contribution in [0.3, 0.4) is 0 Å². The molecular formula is C8H7N3O3. The second kappa shape index (κ2) is 4.09. The monoisotopic (exact) mass is 193 g/mol. The number of benzene rings is 1. The molecule has 0 heterocycles. The fourth-order valence-electron chi connectivity index (χ4n) is 0.872. The summed E-state index contributed by atoms with van der Waals surface area (Å²) >= 11 is 0. The van der Waals surface area contributed by atoms with Gasteiger partial charge in [-0.15, -0.1) is 0 Å². The van der Waals surface area contributed by atoms with Crippen LogP contribution in [0, 0.1) is 21.4 Å². The van der Waals surface area contributed by atoms with Crippen LogP contribution in [0.1, 0.15) is 0 Å². The van der Waals surface area contributed by atoms with Crippen LogP contribution in [-0.2, 0) is 0 Å². The van der Waals surface area contributed by atoms with Gasteiger partial charge in [-0.2, -0.15) is 5.26 Å². The van der Waals surface area contributed by atoms with Gasteiger partial charge in [0.15, 0.2) is 12.4 Å². The van der Waals surface area contributed by atoms with E-state index >= 15 is 0 Å². The summed E-state index contributed by atoms with van der Waals surface area (Å²) in [6.45, 7) is -0.189. The summed E-state index contributed by atoms with van der Waals surface area (Å²) in [4.78, 5) is 9.83. The van der Waals surface area contributed by atoms with Crippen LogP contribution in [0.15, 0.2) is 18.2 Å². The van der Waals surface area contributed by atoms with E-state index in [1.165, 1.54) is 18.2 Å². The highest BCUT2D eigenvalue weighted by molar-refractivity contribution is 5.57. The van der Waals surface area contributed by atoms with Gasteiger partial charge < -0.3 is 10.5 Å². The number of nitro benzene ring substituents is 1. The van der Waals surface area contributed by atoms with Crippen molar-refractivity contribution in [1.82, 2.24) is 0 Å². The lowest BCUT2D eigenvalue weighted by Gasteiger charge is -2.04. The molecule has 6 nitrogen and oxygen atoms in total. The van der Waals surface area contributed by atoms with Gasteiger partial charge in [-0.05, 0) is 6.07 Å². The van der Waals surface area contributed by atoms with Gasteiger partial charge in [0.25, 0.3) is 5.69 Å².